The predicted molar refractivity (Wildman–Crippen MR) is 91.7 cm³/mol. The second-order valence-electron chi connectivity index (χ2n) is 5.66. The molecule has 0 N–H and O–H groups in total. The Morgan fingerprint density at radius 2 is 1.96 bits per heavy atom. The summed E-state index contributed by atoms with van der Waals surface area (Å²) in [6.07, 6.45) is 2.03. The minimum absolute atomic E-state index is 0.313. The number of aromatic nitrogens is 1. The van der Waals surface area contributed by atoms with E-state index in [9.17, 15) is 0 Å². The van der Waals surface area contributed by atoms with Crippen LogP contribution < -0.4 is 4.74 Å². The third-order valence-electron chi connectivity index (χ3n) is 4.08. The second kappa shape index (κ2) is 8.44. The highest BCUT2D eigenvalue weighted by Crippen LogP contribution is 2.24. The number of nitrogens with zero attached hydrogens (tertiary/aromatic N) is 3. The third kappa shape index (κ3) is 4.31. The summed E-state index contributed by atoms with van der Waals surface area (Å²) in [4.78, 5) is 6.65. The van der Waals surface area contributed by atoms with Crippen LogP contribution in [0.15, 0.2) is 42.6 Å². The number of hydrogen-bond acceptors (Lipinski definition) is 5. The monoisotopic (exact) mass is 323 g/mol. The normalized spacial score (nSPS) is 15.0. The van der Waals surface area contributed by atoms with Crippen molar-refractivity contribution >= 4 is 0 Å². The molecule has 0 saturated carbocycles. The summed E-state index contributed by atoms with van der Waals surface area (Å²) in [7, 11) is 0. The number of morpholine rings is 1. The second-order valence-corrected chi connectivity index (χ2v) is 5.66. The maximum Gasteiger partial charge on any atom is 0.119 e. The molecule has 124 valence electrons. The maximum absolute atomic E-state index is 8.92. The van der Waals surface area contributed by atoms with Gasteiger partial charge in [-0.25, -0.2) is 0 Å². The molecule has 0 amide bonds. The van der Waals surface area contributed by atoms with E-state index in [2.05, 4.69) is 16.0 Å². The summed E-state index contributed by atoms with van der Waals surface area (Å²) in [5, 5.41) is 8.92. The molecule has 3 rings (SSSR count). The van der Waals surface area contributed by atoms with Crippen molar-refractivity contribution in [3.05, 3.63) is 48.3 Å². The van der Waals surface area contributed by atoms with Crippen molar-refractivity contribution in [1.82, 2.24) is 9.88 Å². The molecule has 0 aliphatic carbocycles. The molecule has 0 unspecified atom stereocenters. The van der Waals surface area contributed by atoms with Gasteiger partial charge in [0, 0.05) is 31.4 Å². The average Bonchev–Trinajstić information content (AvgIpc) is 2.64. The molecule has 1 aliphatic rings. The Bertz CT molecular complexity index is 689. The molecule has 1 aliphatic heterocycles. The molecular formula is C19H21N3O2. The molecule has 1 aromatic heterocycles. The van der Waals surface area contributed by atoms with Crippen molar-refractivity contribution in [2.45, 2.75) is 6.42 Å². The quantitative estimate of drug-likeness (QED) is 0.817. The molecule has 24 heavy (non-hydrogen) atoms. The van der Waals surface area contributed by atoms with Crippen LogP contribution in [0.3, 0.4) is 0 Å². The van der Waals surface area contributed by atoms with Crippen LogP contribution in [-0.2, 0) is 11.2 Å². The smallest absolute Gasteiger partial charge is 0.119 e. The average molecular weight is 323 g/mol. The largest absolute Gasteiger partial charge is 0.492 e. The van der Waals surface area contributed by atoms with E-state index in [1.807, 2.05) is 36.4 Å². The third-order valence-corrected chi connectivity index (χ3v) is 4.08. The van der Waals surface area contributed by atoms with E-state index in [0.717, 1.165) is 55.4 Å². The molecule has 1 saturated heterocycles. The molecular weight excluding hydrogens is 302 g/mol. The van der Waals surface area contributed by atoms with Crippen molar-refractivity contribution in [2.75, 3.05) is 39.5 Å². The van der Waals surface area contributed by atoms with E-state index >= 15 is 0 Å². The fourth-order valence-electron chi connectivity index (χ4n) is 2.76. The zero-order valence-electron chi connectivity index (χ0n) is 13.6. The van der Waals surface area contributed by atoms with Gasteiger partial charge >= 0.3 is 0 Å². The van der Waals surface area contributed by atoms with Crippen LogP contribution in [-0.4, -0.2) is 49.3 Å². The number of ether oxygens (including phenoxy) is 2. The van der Waals surface area contributed by atoms with Crippen LogP contribution in [0.4, 0.5) is 0 Å². The Morgan fingerprint density at radius 3 is 2.71 bits per heavy atom. The zero-order chi connectivity index (χ0) is 16.6. The van der Waals surface area contributed by atoms with Crippen LogP contribution in [0.5, 0.6) is 5.75 Å². The molecule has 2 heterocycles. The van der Waals surface area contributed by atoms with E-state index < -0.39 is 0 Å². The van der Waals surface area contributed by atoms with Gasteiger partial charge in [-0.15, -0.1) is 0 Å². The summed E-state index contributed by atoms with van der Waals surface area (Å²) >= 11 is 0. The molecule has 1 fully saturated rings. The van der Waals surface area contributed by atoms with Gasteiger partial charge in [0.25, 0.3) is 0 Å². The molecule has 0 atom stereocenters. The number of nitriles is 1. The lowest BCUT2D eigenvalue weighted by Gasteiger charge is -2.26. The molecule has 0 radical (unpaired) electrons. The first-order valence-corrected chi connectivity index (χ1v) is 8.21. The van der Waals surface area contributed by atoms with Gasteiger partial charge in [0.15, 0.2) is 0 Å². The predicted octanol–water partition coefficient (Wildman–Crippen LogP) is 2.53. The number of rotatable bonds is 6. The lowest BCUT2D eigenvalue weighted by atomic mass is 10.0. The van der Waals surface area contributed by atoms with Crippen molar-refractivity contribution in [3.8, 4) is 22.9 Å². The summed E-state index contributed by atoms with van der Waals surface area (Å²) in [5.74, 6) is 0.859. The van der Waals surface area contributed by atoms with Crippen molar-refractivity contribution in [1.29, 1.82) is 5.26 Å². The number of hydrogen-bond donors (Lipinski definition) is 0. The Kier molecular flexibility index (Phi) is 5.78. The van der Waals surface area contributed by atoms with Crippen LogP contribution >= 0.6 is 0 Å². The molecule has 5 heteroatoms. The van der Waals surface area contributed by atoms with Gasteiger partial charge in [-0.1, -0.05) is 18.2 Å². The Labute approximate surface area is 142 Å². The van der Waals surface area contributed by atoms with E-state index in [-0.39, 0.29) is 0 Å². The van der Waals surface area contributed by atoms with Crippen molar-refractivity contribution in [3.63, 3.8) is 0 Å². The van der Waals surface area contributed by atoms with Crippen LogP contribution in [0.2, 0.25) is 0 Å². The highest BCUT2D eigenvalue weighted by atomic mass is 16.5. The lowest BCUT2D eigenvalue weighted by Crippen LogP contribution is -2.38. The first kappa shape index (κ1) is 16.4. The van der Waals surface area contributed by atoms with Crippen molar-refractivity contribution < 1.29 is 9.47 Å². The molecule has 0 bridgehead atoms. The Balaban J connectivity index is 1.58. The van der Waals surface area contributed by atoms with Crippen LogP contribution in [0.1, 0.15) is 5.69 Å². The van der Waals surface area contributed by atoms with Gasteiger partial charge in [-0.3, -0.25) is 9.88 Å². The van der Waals surface area contributed by atoms with Gasteiger partial charge in [-0.05, 0) is 23.8 Å². The van der Waals surface area contributed by atoms with Crippen LogP contribution in [0, 0.1) is 11.3 Å². The van der Waals surface area contributed by atoms with Crippen molar-refractivity contribution in [2.24, 2.45) is 0 Å². The summed E-state index contributed by atoms with van der Waals surface area (Å²) in [5.41, 5.74) is 2.86. The minimum atomic E-state index is 0.313. The fourth-order valence-corrected chi connectivity index (χ4v) is 2.76. The van der Waals surface area contributed by atoms with Gasteiger partial charge < -0.3 is 9.47 Å². The summed E-state index contributed by atoms with van der Waals surface area (Å²) in [6, 6.07) is 14.0. The first-order valence-electron chi connectivity index (χ1n) is 8.21. The van der Waals surface area contributed by atoms with E-state index in [1.165, 1.54) is 0 Å². The highest BCUT2D eigenvalue weighted by Gasteiger charge is 2.10. The lowest BCUT2D eigenvalue weighted by molar-refractivity contribution is 0.0322. The fraction of sp³-hybridized carbons (Fsp3) is 0.368. The summed E-state index contributed by atoms with van der Waals surface area (Å²) in [6.45, 7) is 5.16. The van der Waals surface area contributed by atoms with Gasteiger partial charge in [0.05, 0.1) is 31.4 Å². The van der Waals surface area contributed by atoms with E-state index in [0.29, 0.717) is 13.0 Å². The molecule has 0 spiro atoms. The first-order chi connectivity index (χ1) is 11.9. The molecule has 1 aromatic carbocycles. The van der Waals surface area contributed by atoms with Crippen LogP contribution in [0.25, 0.3) is 11.1 Å². The Hall–Kier alpha value is -2.42. The zero-order valence-corrected chi connectivity index (χ0v) is 13.6. The maximum atomic E-state index is 8.92. The van der Waals surface area contributed by atoms with Gasteiger partial charge in [-0.2, -0.15) is 5.26 Å². The summed E-state index contributed by atoms with van der Waals surface area (Å²) < 4.78 is 11.2. The minimum Gasteiger partial charge on any atom is -0.492 e. The highest BCUT2D eigenvalue weighted by molar-refractivity contribution is 5.66. The number of pyridine rings is 1. The standard InChI is InChI=1S/C19H21N3O2/c20-8-7-19-18(2-1-9-21-19)16-3-5-17(6-4-16)24-15-12-22-10-13-23-14-11-22/h1-6,9H,7,10-15H2. The molecule has 5 nitrogen and oxygen atoms in total. The topological polar surface area (TPSA) is 58.4 Å². The van der Waals surface area contributed by atoms with Gasteiger partial charge in [0.1, 0.15) is 12.4 Å². The van der Waals surface area contributed by atoms with Gasteiger partial charge in [0.2, 0.25) is 0 Å². The Morgan fingerprint density at radius 1 is 1.17 bits per heavy atom. The van der Waals surface area contributed by atoms with E-state index in [1.54, 1.807) is 6.20 Å². The van der Waals surface area contributed by atoms with E-state index in [4.69, 9.17) is 14.7 Å². The number of benzene rings is 1. The SMILES string of the molecule is N#CCc1ncccc1-c1ccc(OCCN2CCOCC2)cc1. The molecule has 2 aromatic rings.